The molecular formula is C14H27NO3S. The Bertz CT molecular complexity index is 288. The summed E-state index contributed by atoms with van der Waals surface area (Å²) in [4.78, 5) is 12.2. The van der Waals surface area contributed by atoms with Gasteiger partial charge in [-0.3, -0.25) is 4.79 Å². The van der Waals surface area contributed by atoms with E-state index in [1.54, 1.807) is 11.8 Å². The van der Waals surface area contributed by atoms with Gasteiger partial charge in [0.15, 0.2) is 0 Å². The predicted octanol–water partition coefficient (Wildman–Crippen LogP) is 1.95. The maximum Gasteiger partial charge on any atom is 0.326 e. The third kappa shape index (κ3) is 4.65. The van der Waals surface area contributed by atoms with Crippen molar-refractivity contribution in [3.63, 3.8) is 0 Å². The molecule has 3 unspecified atom stereocenters. The Labute approximate surface area is 120 Å². The van der Waals surface area contributed by atoms with Crippen LogP contribution < -0.4 is 5.32 Å². The van der Waals surface area contributed by atoms with Gasteiger partial charge in [0.05, 0.1) is 13.2 Å². The monoisotopic (exact) mass is 289 g/mol. The SMILES string of the molecule is CCCNC1(C(=O)OCC)CCC(SC(C)CO)C1. The number of rotatable bonds is 8. The number of ether oxygens (including phenoxy) is 1. The van der Waals surface area contributed by atoms with Crippen LogP contribution in [0.5, 0.6) is 0 Å². The summed E-state index contributed by atoms with van der Waals surface area (Å²) in [5.41, 5.74) is -0.501. The second-order valence-electron chi connectivity index (χ2n) is 5.22. The minimum atomic E-state index is -0.501. The number of hydrogen-bond acceptors (Lipinski definition) is 5. The maximum absolute atomic E-state index is 12.2. The minimum absolute atomic E-state index is 0.108. The van der Waals surface area contributed by atoms with E-state index in [1.165, 1.54) is 0 Å². The Morgan fingerprint density at radius 2 is 2.32 bits per heavy atom. The summed E-state index contributed by atoms with van der Waals surface area (Å²) in [6.07, 6.45) is 3.65. The Morgan fingerprint density at radius 3 is 2.89 bits per heavy atom. The second-order valence-corrected chi connectivity index (χ2v) is 6.97. The molecule has 1 aliphatic rings. The highest BCUT2D eigenvalue weighted by molar-refractivity contribution is 8.00. The minimum Gasteiger partial charge on any atom is -0.465 e. The van der Waals surface area contributed by atoms with Crippen molar-refractivity contribution < 1.29 is 14.6 Å². The number of thioether (sulfide) groups is 1. The maximum atomic E-state index is 12.2. The van der Waals surface area contributed by atoms with Crippen LogP contribution in [0.4, 0.5) is 0 Å². The van der Waals surface area contributed by atoms with Gasteiger partial charge >= 0.3 is 5.97 Å². The number of hydrogen-bond donors (Lipinski definition) is 2. The fourth-order valence-corrected chi connectivity index (χ4v) is 3.92. The number of nitrogens with one attached hydrogen (secondary N) is 1. The van der Waals surface area contributed by atoms with Crippen molar-refractivity contribution in [2.24, 2.45) is 0 Å². The van der Waals surface area contributed by atoms with Gasteiger partial charge in [0.1, 0.15) is 5.54 Å². The largest absolute Gasteiger partial charge is 0.465 e. The zero-order valence-electron chi connectivity index (χ0n) is 12.3. The van der Waals surface area contributed by atoms with Crippen molar-refractivity contribution >= 4 is 17.7 Å². The van der Waals surface area contributed by atoms with E-state index in [2.05, 4.69) is 12.2 Å². The fourth-order valence-electron chi connectivity index (χ4n) is 2.54. The quantitative estimate of drug-likeness (QED) is 0.669. The van der Waals surface area contributed by atoms with Crippen LogP contribution in [0.15, 0.2) is 0 Å². The van der Waals surface area contributed by atoms with Crippen molar-refractivity contribution in [2.45, 2.75) is 62.5 Å². The number of carbonyl (C=O) groups is 1. The first-order chi connectivity index (χ1) is 9.07. The zero-order chi connectivity index (χ0) is 14.3. The lowest BCUT2D eigenvalue weighted by Gasteiger charge is -2.28. The molecule has 0 aromatic heterocycles. The van der Waals surface area contributed by atoms with Gasteiger partial charge in [-0.1, -0.05) is 13.8 Å². The summed E-state index contributed by atoms with van der Waals surface area (Å²) >= 11 is 1.78. The van der Waals surface area contributed by atoms with Crippen molar-refractivity contribution in [3.8, 4) is 0 Å². The zero-order valence-corrected chi connectivity index (χ0v) is 13.1. The van der Waals surface area contributed by atoms with Gasteiger partial charge in [0.25, 0.3) is 0 Å². The van der Waals surface area contributed by atoms with Gasteiger partial charge in [-0.25, -0.2) is 0 Å². The van der Waals surface area contributed by atoms with Crippen molar-refractivity contribution in [3.05, 3.63) is 0 Å². The predicted molar refractivity (Wildman–Crippen MR) is 79.4 cm³/mol. The molecule has 112 valence electrons. The summed E-state index contributed by atoms with van der Waals surface area (Å²) in [7, 11) is 0. The summed E-state index contributed by atoms with van der Waals surface area (Å²) in [6.45, 7) is 7.43. The standard InChI is InChI=1S/C14H27NO3S/c1-4-8-15-14(13(17)18-5-2)7-6-12(9-14)19-11(3)10-16/h11-12,15-16H,4-10H2,1-3H3. The lowest BCUT2D eigenvalue weighted by atomic mass is 9.97. The molecule has 0 saturated heterocycles. The molecule has 0 aromatic rings. The van der Waals surface area contributed by atoms with Crippen molar-refractivity contribution in [2.75, 3.05) is 19.8 Å². The molecule has 0 aromatic carbocycles. The normalized spacial score (nSPS) is 28.3. The van der Waals surface area contributed by atoms with Crippen molar-refractivity contribution in [1.29, 1.82) is 0 Å². The van der Waals surface area contributed by atoms with E-state index in [-0.39, 0.29) is 17.8 Å². The third-order valence-corrected chi connectivity index (χ3v) is 4.93. The first-order valence-corrected chi connectivity index (χ1v) is 8.20. The highest BCUT2D eigenvalue weighted by Crippen LogP contribution is 2.39. The van der Waals surface area contributed by atoms with Gasteiger partial charge < -0.3 is 15.2 Å². The molecule has 1 saturated carbocycles. The van der Waals surface area contributed by atoms with Crippen LogP contribution >= 0.6 is 11.8 Å². The Kier molecular flexibility index (Phi) is 7.18. The first kappa shape index (κ1) is 16.8. The van der Waals surface area contributed by atoms with Gasteiger partial charge in [-0.15, -0.1) is 0 Å². The van der Waals surface area contributed by atoms with E-state index < -0.39 is 5.54 Å². The molecule has 1 aliphatic carbocycles. The van der Waals surface area contributed by atoms with Crippen LogP contribution in [0.2, 0.25) is 0 Å². The van der Waals surface area contributed by atoms with E-state index in [9.17, 15) is 4.79 Å². The molecule has 0 aliphatic heterocycles. The van der Waals surface area contributed by atoms with Crippen LogP contribution in [0.25, 0.3) is 0 Å². The average Bonchev–Trinajstić information content (AvgIpc) is 2.81. The third-order valence-electron chi connectivity index (χ3n) is 3.53. The lowest BCUT2D eigenvalue weighted by molar-refractivity contribution is -0.151. The molecule has 0 radical (unpaired) electrons. The van der Waals surface area contributed by atoms with E-state index in [0.717, 1.165) is 32.2 Å². The van der Waals surface area contributed by atoms with Gasteiger partial charge in [-0.05, 0) is 39.2 Å². The Morgan fingerprint density at radius 1 is 1.58 bits per heavy atom. The molecule has 1 rings (SSSR count). The number of aliphatic hydroxyl groups is 1. The first-order valence-electron chi connectivity index (χ1n) is 7.26. The van der Waals surface area contributed by atoms with Crippen LogP contribution in [0, 0.1) is 0 Å². The Balaban J connectivity index is 2.64. The fraction of sp³-hybridized carbons (Fsp3) is 0.929. The van der Waals surface area contributed by atoms with Crippen LogP contribution in [0.1, 0.15) is 46.5 Å². The highest BCUT2D eigenvalue weighted by atomic mass is 32.2. The number of esters is 1. The molecule has 5 heteroatoms. The summed E-state index contributed by atoms with van der Waals surface area (Å²) < 4.78 is 5.25. The van der Waals surface area contributed by atoms with Crippen LogP contribution in [0.3, 0.4) is 0 Å². The summed E-state index contributed by atoms with van der Waals surface area (Å²) in [5.74, 6) is -0.108. The molecule has 0 amide bonds. The van der Waals surface area contributed by atoms with Crippen molar-refractivity contribution in [1.82, 2.24) is 5.32 Å². The molecule has 3 atom stereocenters. The van der Waals surface area contributed by atoms with Gasteiger partial charge in [0.2, 0.25) is 0 Å². The van der Waals surface area contributed by atoms with Crippen LogP contribution in [-0.2, 0) is 9.53 Å². The molecule has 0 heterocycles. The highest BCUT2D eigenvalue weighted by Gasteiger charge is 2.46. The number of carbonyl (C=O) groups excluding carboxylic acids is 1. The topological polar surface area (TPSA) is 58.6 Å². The number of aliphatic hydroxyl groups excluding tert-OH is 1. The van der Waals surface area contributed by atoms with E-state index >= 15 is 0 Å². The molecule has 0 spiro atoms. The lowest BCUT2D eigenvalue weighted by Crippen LogP contribution is -2.51. The molecule has 0 bridgehead atoms. The molecule has 4 nitrogen and oxygen atoms in total. The molecule has 19 heavy (non-hydrogen) atoms. The molecule has 1 fully saturated rings. The van der Waals surface area contributed by atoms with E-state index in [1.807, 2.05) is 13.8 Å². The smallest absolute Gasteiger partial charge is 0.326 e. The Hall–Kier alpha value is -0.260. The van der Waals surface area contributed by atoms with E-state index in [4.69, 9.17) is 9.84 Å². The average molecular weight is 289 g/mol. The van der Waals surface area contributed by atoms with E-state index in [0.29, 0.717) is 11.9 Å². The van der Waals surface area contributed by atoms with Crippen LogP contribution in [-0.4, -0.2) is 46.9 Å². The second kappa shape index (κ2) is 8.12. The van der Waals surface area contributed by atoms with Gasteiger partial charge in [0, 0.05) is 10.5 Å². The van der Waals surface area contributed by atoms with Gasteiger partial charge in [-0.2, -0.15) is 11.8 Å². The summed E-state index contributed by atoms with van der Waals surface area (Å²) in [5, 5.41) is 13.2. The summed E-state index contributed by atoms with van der Waals surface area (Å²) in [6, 6.07) is 0. The molecule has 2 N–H and O–H groups in total. The molecular weight excluding hydrogens is 262 g/mol.